The second-order valence-corrected chi connectivity index (χ2v) is 13.7. The number of nitrogens with zero attached hydrogens (tertiary/aromatic N) is 7. The highest BCUT2D eigenvalue weighted by atomic mass is 16.5. The third-order valence-corrected chi connectivity index (χ3v) is 9.26. The van der Waals surface area contributed by atoms with Crippen molar-refractivity contribution >= 4 is 23.9 Å². The van der Waals surface area contributed by atoms with Crippen LogP contribution in [-0.2, 0) is 58.2 Å². The highest BCUT2D eigenvalue weighted by Crippen LogP contribution is 2.27. The third-order valence-electron chi connectivity index (χ3n) is 9.26. The fraction of sp³-hybridized carbons (Fsp3) is 0.326. The van der Waals surface area contributed by atoms with E-state index in [1.807, 2.05) is 28.0 Å². The van der Waals surface area contributed by atoms with Crippen LogP contribution in [0.4, 0.5) is 0 Å². The first-order valence-corrected chi connectivity index (χ1v) is 19.2. The fourth-order valence-corrected chi connectivity index (χ4v) is 6.94. The van der Waals surface area contributed by atoms with Crippen LogP contribution in [0.1, 0.15) is 103 Å². The van der Waals surface area contributed by atoms with Crippen molar-refractivity contribution in [1.82, 2.24) is 34.7 Å². The summed E-state index contributed by atoms with van der Waals surface area (Å²) in [7, 11) is 0. The lowest BCUT2D eigenvalue weighted by Gasteiger charge is -2.23. The number of fused-ring (bicyclic) bond motifs is 12. The number of esters is 4. The molecular weight excluding hydrogens is 743 g/mol. The highest BCUT2D eigenvalue weighted by molar-refractivity contribution is 5.93. The van der Waals surface area contributed by atoms with Crippen LogP contribution in [0, 0.1) is 0 Å². The van der Waals surface area contributed by atoms with Crippen LogP contribution in [0.5, 0.6) is 0 Å². The van der Waals surface area contributed by atoms with E-state index in [4.69, 9.17) is 43.9 Å². The van der Waals surface area contributed by atoms with Crippen molar-refractivity contribution in [3.05, 3.63) is 123 Å². The summed E-state index contributed by atoms with van der Waals surface area (Å²) in [5.41, 5.74) is 6.02. The van der Waals surface area contributed by atoms with Crippen molar-refractivity contribution in [1.29, 1.82) is 0 Å². The molecule has 15 heteroatoms. The van der Waals surface area contributed by atoms with Crippen LogP contribution in [-0.4, -0.2) is 85.0 Å². The summed E-state index contributed by atoms with van der Waals surface area (Å²) in [6, 6.07) is 18.9. The molecule has 0 N–H and O–H groups in total. The van der Waals surface area contributed by atoms with Gasteiger partial charge in [-0.3, -0.25) is 14.8 Å². The molecular formula is C43H43N7O8. The minimum Gasteiger partial charge on any atom is -0.462 e. The van der Waals surface area contributed by atoms with Gasteiger partial charge in [0.15, 0.2) is 0 Å². The van der Waals surface area contributed by atoms with Crippen molar-refractivity contribution in [3.8, 4) is 22.8 Å². The number of carbonyl (C=O) groups is 4. The van der Waals surface area contributed by atoms with Crippen LogP contribution in [0.25, 0.3) is 22.8 Å². The molecule has 0 unspecified atom stereocenters. The van der Waals surface area contributed by atoms with Gasteiger partial charge in [0.2, 0.25) is 0 Å². The van der Waals surface area contributed by atoms with Crippen molar-refractivity contribution in [2.75, 3.05) is 26.4 Å². The van der Waals surface area contributed by atoms with Crippen LogP contribution < -0.4 is 0 Å². The van der Waals surface area contributed by atoms with Gasteiger partial charge in [-0.2, -0.15) is 0 Å². The molecule has 2 aliphatic rings. The molecule has 7 rings (SSSR count). The molecule has 2 aliphatic heterocycles. The lowest BCUT2D eigenvalue weighted by atomic mass is 10.1. The quantitative estimate of drug-likeness (QED) is 0.138. The SMILES string of the molecule is CCOC(=O)c1cc2nc(c1)-c1cc(C(=O)OCC)cc(n1)CN1Cc3cccc(n3)CN(C2)Cc2cc(C(=O)OCC)cc(n2)-c2cc(C(=O)OCC)cc(n2)C1. The fourth-order valence-electron chi connectivity index (χ4n) is 6.94. The molecule has 0 spiro atoms. The Kier molecular flexibility index (Phi) is 12.2. The largest absolute Gasteiger partial charge is 0.462 e. The molecule has 298 valence electrons. The molecule has 0 radical (unpaired) electrons. The smallest absolute Gasteiger partial charge is 0.338 e. The normalized spacial score (nSPS) is 15.7. The summed E-state index contributed by atoms with van der Waals surface area (Å²) >= 11 is 0. The molecule has 0 saturated carbocycles. The number of ether oxygens (including phenoxy) is 4. The Morgan fingerprint density at radius 1 is 0.414 bits per heavy atom. The van der Waals surface area contributed by atoms with E-state index in [-0.39, 0.29) is 74.9 Å². The number of hydrogen-bond donors (Lipinski definition) is 0. The van der Waals surface area contributed by atoms with E-state index in [9.17, 15) is 19.2 Å². The third kappa shape index (κ3) is 9.39. The van der Waals surface area contributed by atoms with E-state index in [2.05, 4.69) is 0 Å². The van der Waals surface area contributed by atoms with E-state index >= 15 is 0 Å². The van der Waals surface area contributed by atoms with Gasteiger partial charge in [-0.25, -0.2) is 39.1 Å². The minimum atomic E-state index is -0.536. The van der Waals surface area contributed by atoms with Gasteiger partial charge in [0.05, 0.1) is 106 Å². The van der Waals surface area contributed by atoms with E-state index < -0.39 is 23.9 Å². The standard InChI is InChI=1S/C43H43N7O8/c1-5-55-40(51)26-12-32-22-49-20-30-10-9-11-31(44-30)21-50(24-33-13-27(41(52)56-6-2)17-37(46-33)36(16-26)45-32)25-35-15-29(43(54)58-8-4)19-39(48-35)38-18-28(42(53)57-7-3)14-34(23-49)47-38/h9-19H,5-8,20-25H2,1-4H3. The molecule has 5 aromatic rings. The van der Waals surface area contributed by atoms with Crippen LogP contribution in [0.3, 0.4) is 0 Å². The molecule has 0 aromatic carbocycles. The molecule has 0 aliphatic carbocycles. The summed E-state index contributed by atoms with van der Waals surface area (Å²) in [6.07, 6.45) is 0. The Morgan fingerprint density at radius 2 is 0.672 bits per heavy atom. The number of carbonyl (C=O) groups excluding carboxylic acids is 4. The Labute approximate surface area is 335 Å². The summed E-state index contributed by atoms with van der Waals surface area (Å²) in [4.78, 5) is 82.4. The highest BCUT2D eigenvalue weighted by Gasteiger charge is 2.24. The molecule has 7 heterocycles. The average Bonchev–Trinajstić information content (AvgIpc) is 3.20. The zero-order valence-electron chi connectivity index (χ0n) is 32.8. The predicted molar refractivity (Wildman–Crippen MR) is 209 cm³/mol. The summed E-state index contributed by atoms with van der Waals surface area (Å²) < 4.78 is 21.7. The van der Waals surface area contributed by atoms with E-state index in [1.165, 1.54) is 0 Å². The second kappa shape index (κ2) is 17.8. The maximum absolute atomic E-state index is 13.3. The molecule has 0 amide bonds. The van der Waals surface area contributed by atoms with Crippen molar-refractivity contribution in [2.45, 2.75) is 67.0 Å². The molecule has 15 nitrogen and oxygen atoms in total. The molecule has 5 aromatic heterocycles. The first-order chi connectivity index (χ1) is 28.1. The molecule has 0 saturated heterocycles. The van der Waals surface area contributed by atoms with E-state index in [0.29, 0.717) is 58.6 Å². The van der Waals surface area contributed by atoms with Gasteiger partial charge < -0.3 is 18.9 Å². The van der Waals surface area contributed by atoms with Gasteiger partial charge in [0.25, 0.3) is 0 Å². The Hall–Kier alpha value is -6.45. The first kappa shape index (κ1) is 39.8. The van der Waals surface area contributed by atoms with E-state index in [1.54, 1.807) is 76.2 Å². The molecule has 0 fully saturated rings. The van der Waals surface area contributed by atoms with Gasteiger partial charge >= 0.3 is 23.9 Å². The van der Waals surface area contributed by atoms with Gasteiger partial charge in [-0.05, 0) is 88.4 Å². The van der Waals surface area contributed by atoms with Gasteiger partial charge in [0.1, 0.15) is 0 Å². The number of rotatable bonds is 8. The first-order valence-electron chi connectivity index (χ1n) is 19.2. The van der Waals surface area contributed by atoms with Crippen LogP contribution >= 0.6 is 0 Å². The van der Waals surface area contributed by atoms with Crippen LogP contribution in [0.15, 0.2) is 66.7 Å². The zero-order valence-corrected chi connectivity index (χ0v) is 32.8. The average molecular weight is 786 g/mol. The van der Waals surface area contributed by atoms with Crippen molar-refractivity contribution in [3.63, 3.8) is 0 Å². The second-order valence-electron chi connectivity index (χ2n) is 13.7. The van der Waals surface area contributed by atoms with Crippen LogP contribution in [0.2, 0.25) is 0 Å². The lowest BCUT2D eigenvalue weighted by Crippen LogP contribution is -2.26. The van der Waals surface area contributed by atoms with E-state index in [0.717, 1.165) is 11.4 Å². The van der Waals surface area contributed by atoms with Gasteiger partial charge in [-0.15, -0.1) is 0 Å². The number of aromatic nitrogens is 5. The van der Waals surface area contributed by atoms with Crippen molar-refractivity contribution in [2.24, 2.45) is 0 Å². The molecule has 58 heavy (non-hydrogen) atoms. The maximum atomic E-state index is 13.3. The lowest BCUT2D eigenvalue weighted by molar-refractivity contribution is 0.0516. The number of pyridine rings is 5. The van der Waals surface area contributed by atoms with Gasteiger partial charge in [-0.1, -0.05) is 6.07 Å². The monoisotopic (exact) mass is 785 g/mol. The summed E-state index contributed by atoms with van der Waals surface area (Å²) in [5.74, 6) is -2.15. The Morgan fingerprint density at radius 3 is 0.931 bits per heavy atom. The minimum absolute atomic E-state index is 0.166. The Bertz CT molecular complexity index is 2090. The summed E-state index contributed by atoms with van der Waals surface area (Å²) in [5, 5.41) is 0. The molecule has 12 bridgehead atoms. The predicted octanol–water partition coefficient (Wildman–Crippen LogP) is 5.73. The maximum Gasteiger partial charge on any atom is 0.338 e. The zero-order chi connectivity index (χ0) is 40.8. The van der Waals surface area contributed by atoms with Crippen molar-refractivity contribution < 1.29 is 38.1 Å². The number of hydrogen-bond acceptors (Lipinski definition) is 15. The topological polar surface area (TPSA) is 176 Å². The van der Waals surface area contributed by atoms with Gasteiger partial charge in [0, 0.05) is 39.3 Å². The summed E-state index contributed by atoms with van der Waals surface area (Å²) in [6.45, 7) is 9.07. The Balaban J connectivity index is 1.50. The molecule has 0 atom stereocenters.